The lowest BCUT2D eigenvalue weighted by molar-refractivity contribution is -0.248. The Morgan fingerprint density at radius 1 is 1.15 bits per heavy atom. The van der Waals surface area contributed by atoms with Crippen LogP contribution in [0.25, 0.3) is 0 Å². The number of hydrogen-bond donors (Lipinski definition) is 0. The van der Waals surface area contributed by atoms with Crippen molar-refractivity contribution in [1.29, 1.82) is 0 Å². The molecule has 2 bridgehead atoms. The third-order valence-electron chi connectivity index (χ3n) is 6.14. The van der Waals surface area contributed by atoms with Crippen LogP contribution in [0.1, 0.15) is 41.0 Å². The molecule has 0 aromatic heterocycles. The monoisotopic (exact) mass is 384 g/mol. The molecule has 27 heavy (non-hydrogen) atoms. The minimum Gasteiger partial charge on any atom is -0.465 e. The minimum atomic E-state index is -1.19. The summed E-state index contributed by atoms with van der Waals surface area (Å²) < 4.78 is 34.5. The molecule has 4 fully saturated rings. The maximum Gasteiger partial charge on any atom is 0.316 e. The summed E-state index contributed by atoms with van der Waals surface area (Å²) in [6, 6.07) is 0. The molecule has 7 atom stereocenters. The van der Waals surface area contributed by atoms with Crippen LogP contribution in [-0.4, -0.2) is 60.5 Å². The third kappa shape index (κ3) is 2.44. The predicted octanol–water partition coefficient (Wildman–Crippen LogP) is 0.679. The van der Waals surface area contributed by atoms with Crippen molar-refractivity contribution >= 4 is 17.9 Å². The van der Waals surface area contributed by atoms with Gasteiger partial charge in [-0.1, -0.05) is 0 Å². The fourth-order valence-corrected chi connectivity index (χ4v) is 4.99. The highest BCUT2D eigenvalue weighted by Crippen LogP contribution is 2.63. The Bertz CT molecular complexity index is 703. The van der Waals surface area contributed by atoms with E-state index in [4.69, 9.17) is 28.4 Å². The van der Waals surface area contributed by atoms with Gasteiger partial charge in [0.15, 0.2) is 23.8 Å². The van der Waals surface area contributed by atoms with Gasteiger partial charge in [0.1, 0.15) is 17.6 Å². The standard InChI is InChI=1S/C18H24O9/c1-8(19)22-7-10-17(5)11(23-9(2)20)6-12-18(10,27-15(17)21)13-14(24-12)26-16(3,4)25-13/h10-14H,6-7H2,1-5H3/t10-,11+,12-,13+,14-,17+,18-/m1/s1. The van der Waals surface area contributed by atoms with Crippen LogP contribution in [-0.2, 0) is 42.8 Å². The van der Waals surface area contributed by atoms with Crippen molar-refractivity contribution in [3.8, 4) is 0 Å². The molecule has 0 amide bonds. The zero-order chi connectivity index (χ0) is 19.8. The van der Waals surface area contributed by atoms with Crippen molar-refractivity contribution in [3.63, 3.8) is 0 Å². The van der Waals surface area contributed by atoms with Crippen LogP contribution in [0.5, 0.6) is 0 Å². The van der Waals surface area contributed by atoms with E-state index >= 15 is 0 Å². The second-order valence-electron chi connectivity index (χ2n) is 8.26. The first kappa shape index (κ1) is 18.6. The van der Waals surface area contributed by atoms with Crippen molar-refractivity contribution in [2.75, 3.05) is 6.61 Å². The molecular weight excluding hydrogens is 360 g/mol. The lowest BCUT2D eigenvalue weighted by Crippen LogP contribution is -2.63. The Labute approximate surface area is 156 Å². The molecule has 0 aromatic carbocycles. The topological polar surface area (TPSA) is 107 Å². The highest BCUT2D eigenvalue weighted by atomic mass is 16.8. The van der Waals surface area contributed by atoms with Gasteiger partial charge in [0.05, 0.1) is 12.5 Å². The fourth-order valence-electron chi connectivity index (χ4n) is 4.99. The Morgan fingerprint density at radius 2 is 1.85 bits per heavy atom. The van der Waals surface area contributed by atoms with Gasteiger partial charge in [0.25, 0.3) is 0 Å². The molecule has 4 rings (SSSR count). The Morgan fingerprint density at radius 3 is 2.48 bits per heavy atom. The molecule has 9 heteroatoms. The molecule has 3 heterocycles. The van der Waals surface area contributed by atoms with Gasteiger partial charge in [-0.05, 0) is 20.8 Å². The van der Waals surface area contributed by atoms with E-state index in [1.807, 2.05) is 0 Å². The maximum absolute atomic E-state index is 13.0. The lowest BCUT2D eigenvalue weighted by atomic mass is 9.59. The molecule has 3 aliphatic heterocycles. The largest absolute Gasteiger partial charge is 0.465 e. The number of rotatable bonds is 3. The van der Waals surface area contributed by atoms with E-state index in [9.17, 15) is 14.4 Å². The summed E-state index contributed by atoms with van der Waals surface area (Å²) in [5, 5.41) is 0. The number of ether oxygens (including phenoxy) is 6. The van der Waals surface area contributed by atoms with E-state index in [2.05, 4.69) is 0 Å². The van der Waals surface area contributed by atoms with Crippen molar-refractivity contribution in [2.24, 2.45) is 11.3 Å². The summed E-state index contributed by atoms with van der Waals surface area (Å²) in [6.45, 7) is 7.68. The highest BCUT2D eigenvalue weighted by Gasteiger charge is 2.81. The van der Waals surface area contributed by atoms with E-state index in [1.165, 1.54) is 13.8 Å². The highest BCUT2D eigenvalue weighted by molar-refractivity contribution is 5.83. The third-order valence-corrected chi connectivity index (χ3v) is 6.14. The molecule has 0 unspecified atom stereocenters. The van der Waals surface area contributed by atoms with E-state index in [1.54, 1.807) is 20.8 Å². The summed E-state index contributed by atoms with van der Waals surface area (Å²) in [4.78, 5) is 36.1. The average molecular weight is 384 g/mol. The quantitative estimate of drug-likeness (QED) is 0.513. The van der Waals surface area contributed by atoms with Crippen molar-refractivity contribution in [2.45, 2.75) is 77.0 Å². The first-order valence-corrected chi connectivity index (χ1v) is 9.06. The molecule has 0 radical (unpaired) electrons. The van der Waals surface area contributed by atoms with E-state index in [-0.39, 0.29) is 13.0 Å². The van der Waals surface area contributed by atoms with Crippen LogP contribution < -0.4 is 0 Å². The molecule has 0 N–H and O–H groups in total. The van der Waals surface area contributed by atoms with Crippen LogP contribution in [0.4, 0.5) is 0 Å². The number of hydrogen-bond acceptors (Lipinski definition) is 9. The predicted molar refractivity (Wildman–Crippen MR) is 85.9 cm³/mol. The Hall–Kier alpha value is -1.71. The van der Waals surface area contributed by atoms with Gasteiger partial charge in [-0.25, -0.2) is 0 Å². The van der Waals surface area contributed by atoms with Crippen LogP contribution in [0.2, 0.25) is 0 Å². The fraction of sp³-hybridized carbons (Fsp3) is 0.833. The van der Waals surface area contributed by atoms with Gasteiger partial charge < -0.3 is 28.4 Å². The van der Waals surface area contributed by atoms with Crippen LogP contribution >= 0.6 is 0 Å². The van der Waals surface area contributed by atoms with Crippen molar-refractivity contribution in [3.05, 3.63) is 0 Å². The molecular formula is C18H24O9. The number of esters is 3. The van der Waals surface area contributed by atoms with Gasteiger partial charge >= 0.3 is 17.9 Å². The summed E-state index contributed by atoms with van der Waals surface area (Å²) in [5.74, 6) is -3.03. The Kier molecular flexibility index (Phi) is 3.90. The molecule has 0 aromatic rings. The number of carbonyl (C=O) groups is 3. The molecule has 4 aliphatic rings. The van der Waals surface area contributed by atoms with Crippen LogP contribution in [0.3, 0.4) is 0 Å². The summed E-state index contributed by atoms with van der Waals surface area (Å²) in [7, 11) is 0. The zero-order valence-corrected chi connectivity index (χ0v) is 16.0. The van der Waals surface area contributed by atoms with E-state index < -0.39 is 65.2 Å². The van der Waals surface area contributed by atoms with Gasteiger partial charge in [0.2, 0.25) is 0 Å². The summed E-state index contributed by atoms with van der Waals surface area (Å²) in [5.41, 5.74) is -2.36. The molecule has 150 valence electrons. The number of carbonyl (C=O) groups excluding carboxylic acids is 3. The molecule has 1 saturated carbocycles. The van der Waals surface area contributed by atoms with Crippen molar-refractivity contribution in [1.82, 2.24) is 0 Å². The SMILES string of the molecule is CC(=O)OC[C@@H]1[C@]2(C)C(=O)O[C@@]13[C@@H](C[C@@H]2OC(C)=O)O[C@@H]1OC(C)(C)O[C@@H]13. The average Bonchev–Trinajstić information content (AvgIpc) is 3.03. The summed E-state index contributed by atoms with van der Waals surface area (Å²) in [6.07, 6.45) is -2.50. The molecule has 3 saturated heterocycles. The second kappa shape index (κ2) is 5.65. The smallest absolute Gasteiger partial charge is 0.316 e. The van der Waals surface area contributed by atoms with Gasteiger partial charge in [0, 0.05) is 20.3 Å². The second-order valence-corrected chi connectivity index (χ2v) is 8.26. The molecule has 1 aliphatic carbocycles. The van der Waals surface area contributed by atoms with E-state index in [0.717, 1.165) is 0 Å². The first-order valence-electron chi connectivity index (χ1n) is 9.06. The van der Waals surface area contributed by atoms with E-state index in [0.29, 0.717) is 0 Å². The molecule has 9 nitrogen and oxygen atoms in total. The zero-order valence-electron chi connectivity index (χ0n) is 16.0. The minimum absolute atomic E-state index is 0.0811. The summed E-state index contributed by atoms with van der Waals surface area (Å²) >= 11 is 0. The maximum atomic E-state index is 13.0. The van der Waals surface area contributed by atoms with Gasteiger partial charge in [-0.3, -0.25) is 14.4 Å². The number of fused-ring (bicyclic) bond motifs is 2. The Balaban J connectivity index is 1.78. The van der Waals surface area contributed by atoms with Crippen molar-refractivity contribution < 1.29 is 42.8 Å². The lowest BCUT2D eigenvalue weighted by Gasteiger charge is -2.46. The van der Waals surface area contributed by atoms with Crippen LogP contribution in [0.15, 0.2) is 0 Å². The first-order chi connectivity index (χ1) is 12.5. The van der Waals surface area contributed by atoms with Gasteiger partial charge in [-0.2, -0.15) is 0 Å². The van der Waals surface area contributed by atoms with Gasteiger partial charge in [-0.15, -0.1) is 0 Å². The normalized spacial score (nSPS) is 46.4. The van der Waals surface area contributed by atoms with Crippen LogP contribution in [0, 0.1) is 11.3 Å². The molecule has 1 spiro atoms.